The van der Waals surface area contributed by atoms with Crippen LogP contribution in [0.2, 0.25) is 0 Å². The molecule has 1 spiro atoms. The number of benzene rings is 3. The summed E-state index contributed by atoms with van der Waals surface area (Å²) in [6.45, 7) is 6.77. The average Bonchev–Trinajstić information content (AvgIpc) is 3.25. The summed E-state index contributed by atoms with van der Waals surface area (Å²) < 4.78 is 5.95. The summed E-state index contributed by atoms with van der Waals surface area (Å²) in [4.78, 5) is 23.8. The van der Waals surface area contributed by atoms with Crippen LogP contribution in [0.5, 0.6) is 5.75 Å². The van der Waals surface area contributed by atoms with Gasteiger partial charge in [0, 0.05) is 19.6 Å². The number of para-hydroxylation sites is 1. The lowest BCUT2D eigenvalue weighted by Gasteiger charge is -2.44. The molecule has 3 aromatic rings. The Morgan fingerprint density at radius 1 is 0.905 bits per heavy atom. The SMILES string of the molecule is CC(C)Oc1cccc(CN2CCC3(CC2)C(=NC2CCCCC2)NC(=O)N3c2ccccc2Cc2ccccc2)c1. The number of aliphatic imine (C=N–C) groups is 1. The van der Waals surface area contributed by atoms with Crippen molar-refractivity contribution >= 4 is 17.6 Å². The number of likely N-dealkylation sites (tertiary alicyclic amines) is 1. The second kappa shape index (κ2) is 12.7. The highest BCUT2D eigenvalue weighted by atomic mass is 16.5. The molecule has 220 valence electrons. The molecule has 3 aliphatic rings. The lowest BCUT2D eigenvalue weighted by atomic mass is 9.84. The second-order valence-electron chi connectivity index (χ2n) is 12.4. The molecule has 1 aliphatic carbocycles. The third-order valence-electron chi connectivity index (χ3n) is 9.01. The maximum atomic E-state index is 13.9. The van der Waals surface area contributed by atoms with Crippen molar-refractivity contribution in [3.05, 3.63) is 95.6 Å². The van der Waals surface area contributed by atoms with Crippen molar-refractivity contribution in [1.82, 2.24) is 10.2 Å². The van der Waals surface area contributed by atoms with Gasteiger partial charge >= 0.3 is 6.03 Å². The van der Waals surface area contributed by atoms with Gasteiger partial charge in [0.2, 0.25) is 0 Å². The molecule has 2 saturated heterocycles. The highest BCUT2D eigenvalue weighted by Crippen LogP contribution is 2.40. The Balaban J connectivity index is 1.29. The zero-order valence-corrected chi connectivity index (χ0v) is 25.1. The second-order valence-corrected chi connectivity index (χ2v) is 12.4. The van der Waals surface area contributed by atoms with Gasteiger partial charge in [0.25, 0.3) is 0 Å². The van der Waals surface area contributed by atoms with Crippen molar-refractivity contribution in [2.24, 2.45) is 4.99 Å². The molecule has 6 heteroatoms. The Morgan fingerprint density at radius 2 is 1.62 bits per heavy atom. The summed E-state index contributed by atoms with van der Waals surface area (Å²) in [6.07, 6.45) is 8.59. The molecule has 6 nitrogen and oxygen atoms in total. The van der Waals surface area contributed by atoms with Crippen molar-refractivity contribution in [3.8, 4) is 5.75 Å². The number of amides is 2. The van der Waals surface area contributed by atoms with E-state index in [-0.39, 0.29) is 12.1 Å². The fourth-order valence-corrected chi connectivity index (χ4v) is 6.94. The molecule has 2 aliphatic heterocycles. The number of anilines is 1. The number of piperidine rings is 1. The molecule has 0 atom stereocenters. The van der Waals surface area contributed by atoms with Gasteiger partial charge in [-0.2, -0.15) is 0 Å². The van der Waals surface area contributed by atoms with Crippen LogP contribution in [-0.2, 0) is 13.0 Å². The van der Waals surface area contributed by atoms with E-state index in [9.17, 15) is 4.79 Å². The standard InChI is InChI=1S/C36H44N4O2/c1-27(2)42-32-18-11-14-29(25-32)26-39-22-20-36(21-23-39)34(37-31-16-7-4-8-17-31)38-35(41)40(36)33-19-10-9-15-30(33)24-28-12-5-3-6-13-28/h3,5-6,9-15,18-19,25,27,31H,4,7-8,16-17,20-24,26H2,1-2H3,(H,37,38,41). The topological polar surface area (TPSA) is 57.2 Å². The third-order valence-corrected chi connectivity index (χ3v) is 9.01. The first-order valence-corrected chi connectivity index (χ1v) is 15.8. The number of amidine groups is 1. The summed E-state index contributed by atoms with van der Waals surface area (Å²) in [5.74, 6) is 1.81. The van der Waals surface area contributed by atoms with E-state index in [1.165, 1.54) is 36.0 Å². The molecule has 1 saturated carbocycles. The number of rotatable bonds is 8. The maximum Gasteiger partial charge on any atom is 0.328 e. The maximum absolute atomic E-state index is 13.9. The Labute approximate surface area is 250 Å². The summed E-state index contributed by atoms with van der Waals surface area (Å²) in [5, 5.41) is 3.29. The number of nitrogens with one attached hydrogen (secondary N) is 1. The van der Waals surface area contributed by atoms with E-state index in [4.69, 9.17) is 9.73 Å². The van der Waals surface area contributed by atoms with Gasteiger partial charge in [-0.15, -0.1) is 0 Å². The van der Waals surface area contributed by atoms with E-state index in [2.05, 4.69) is 95.7 Å². The normalized spacial score (nSPS) is 20.4. The highest BCUT2D eigenvalue weighted by molar-refractivity contribution is 6.19. The minimum Gasteiger partial charge on any atom is -0.491 e. The van der Waals surface area contributed by atoms with Crippen LogP contribution in [0.25, 0.3) is 0 Å². The monoisotopic (exact) mass is 564 g/mol. The molecule has 0 unspecified atom stereocenters. The van der Waals surface area contributed by atoms with E-state index < -0.39 is 5.54 Å². The number of ether oxygens (including phenoxy) is 1. The predicted octanol–water partition coefficient (Wildman–Crippen LogP) is 7.36. The Morgan fingerprint density at radius 3 is 2.38 bits per heavy atom. The minimum absolute atomic E-state index is 0.0444. The number of hydrogen-bond acceptors (Lipinski definition) is 4. The first kappa shape index (κ1) is 28.5. The van der Waals surface area contributed by atoms with Crippen LogP contribution >= 0.6 is 0 Å². The lowest BCUT2D eigenvalue weighted by Crippen LogP contribution is -2.57. The fraction of sp³-hybridized carbons (Fsp3) is 0.444. The summed E-state index contributed by atoms with van der Waals surface area (Å²) in [6, 6.07) is 27.7. The number of carbonyl (C=O) groups is 1. The predicted molar refractivity (Wildman–Crippen MR) is 170 cm³/mol. The van der Waals surface area contributed by atoms with Crippen LogP contribution in [0, 0.1) is 0 Å². The molecule has 2 heterocycles. The van der Waals surface area contributed by atoms with Gasteiger partial charge in [0.15, 0.2) is 0 Å². The van der Waals surface area contributed by atoms with Gasteiger partial charge in [-0.1, -0.05) is 79.9 Å². The molecule has 0 bridgehead atoms. The van der Waals surface area contributed by atoms with E-state index in [1.807, 2.05) is 12.1 Å². The quantitative estimate of drug-likeness (QED) is 0.311. The van der Waals surface area contributed by atoms with E-state index in [0.717, 1.165) is 69.0 Å². The number of nitrogens with zero attached hydrogens (tertiary/aromatic N) is 3. The van der Waals surface area contributed by atoms with Gasteiger partial charge in [-0.25, -0.2) is 4.79 Å². The molecule has 0 aromatic heterocycles. The largest absolute Gasteiger partial charge is 0.491 e. The Kier molecular flexibility index (Phi) is 8.61. The van der Waals surface area contributed by atoms with Gasteiger partial charge in [-0.05, 0) is 80.8 Å². The molecule has 3 fully saturated rings. The average molecular weight is 565 g/mol. The molecule has 42 heavy (non-hydrogen) atoms. The van der Waals surface area contributed by atoms with Crippen LogP contribution in [0.1, 0.15) is 75.5 Å². The number of hydrogen-bond donors (Lipinski definition) is 1. The van der Waals surface area contributed by atoms with Crippen LogP contribution in [-0.4, -0.2) is 47.5 Å². The van der Waals surface area contributed by atoms with Gasteiger partial charge in [0.1, 0.15) is 17.1 Å². The lowest BCUT2D eigenvalue weighted by molar-refractivity contribution is 0.183. The van der Waals surface area contributed by atoms with Crippen molar-refractivity contribution in [1.29, 1.82) is 0 Å². The van der Waals surface area contributed by atoms with Crippen LogP contribution in [0.15, 0.2) is 83.9 Å². The third kappa shape index (κ3) is 6.24. The van der Waals surface area contributed by atoms with Crippen LogP contribution in [0.4, 0.5) is 10.5 Å². The summed E-state index contributed by atoms with van der Waals surface area (Å²) in [7, 11) is 0. The smallest absolute Gasteiger partial charge is 0.328 e. The van der Waals surface area contributed by atoms with Gasteiger partial charge in [0.05, 0.1) is 17.8 Å². The van der Waals surface area contributed by atoms with E-state index >= 15 is 0 Å². The van der Waals surface area contributed by atoms with Crippen molar-refractivity contribution in [2.45, 2.75) is 89.4 Å². The van der Waals surface area contributed by atoms with Crippen LogP contribution < -0.4 is 15.0 Å². The van der Waals surface area contributed by atoms with E-state index in [1.54, 1.807) is 0 Å². The molecule has 1 N–H and O–H groups in total. The highest BCUT2D eigenvalue weighted by Gasteiger charge is 2.53. The molecule has 3 aromatic carbocycles. The molecule has 0 radical (unpaired) electrons. The Hall–Kier alpha value is -3.64. The minimum atomic E-state index is -0.458. The fourth-order valence-electron chi connectivity index (χ4n) is 6.94. The number of urea groups is 1. The number of carbonyl (C=O) groups excluding carboxylic acids is 1. The molecular weight excluding hydrogens is 520 g/mol. The zero-order chi connectivity index (χ0) is 28.9. The molecular formula is C36H44N4O2. The summed E-state index contributed by atoms with van der Waals surface area (Å²) in [5.41, 5.74) is 4.21. The van der Waals surface area contributed by atoms with Gasteiger partial charge in [-0.3, -0.25) is 20.1 Å². The first-order valence-electron chi connectivity index (χ1n) is 15.8. The molecule has 6 rings (SSSR count). The van der Waals surface area contributed by atoms with Crippen LogP contribution in [0.3, 0.4) is 0 Å². The van der Waals surface area contributed by atoms with Crippen molar-refractivity contribution in [2.75, 3.05) is 18.0 Å². The van der Waals surface area contributed by atoms with Gasteiger partial charge < -0.3 is 4.74 Å². The van der Waals surface area contributed by atoms with E-state index in [0.29, 0.717) is 6.04 Å². The first-order chi connectivity index (χ1) is 20.5. The molecule has 2 amide bonds. The summed E-state index contributed by atoms with van der Waals surface area (Å²) >= 11 is 0. The van der Waals surface area contributed by atoms with Crippen molar-refractivity contribution < 1.29 is 9.53 Å². The Bertz CT molecular complexity index is 1390. The zero-order valence-electron chi connectivity index (χ0n) is 25.1. The van der Waals surface area contributed by atoms with Crippen molar-refractivity contribution in [3.63, 3.8) is 0 Å².